The maximum Gasteiger partial charge on any atom is 0.312 e. The fourth-order valence-corrected chi connectivity index (χ4v) is 2.09. The number of amides is 2. The maximum absolute atomic E-state index is 11.9. The van der Waals surface area contributed by atoms with E-state index in [9.17, 15) is 19.7 Å². The van der Waals surface area contributed by atoms with Crippen LogP contribution in [-0.4, -0.2) is 46.7 Å². The van der Waals surface area contributed by atoms with Crippen molar-refractivity contribution < 1.29 is 14.5 Å². The second kappa shape index (κ2) is 5.75. The SMILES string of the molecule is CN1CCN(Cc2ccc(NN)c([N+](=O)[O-])c2)C(=O)C1=O. The second-order valence-electron chi connectivity index (χ2n) is 4.71. The molecule has 0 aliphatic carbocycles. The number of likely N-dealkylation sites (N-methyl/N-ethyl adjacent to an activating group) is 1. The van der Waals surface area contributed by atoms with Gasteiger partial charge in [-0.3, -0.25) is 25.5 Å². The van der Waals surface area contributed by atoms with Crippen LogP contribution < -0.4 is 11.3 Å². The summed E-state index contributed by atoms with van der Waals surface area (Å²) in [5.41, 5.74) is 2.81. The predicted molar refractivity (Wildman–Crippen MR) is 74.0 cm³/mol. The van der Waals surface area contributed by atoms with Gasteiger partial charge in [-0.2, -0.15) is 0 Å². The van der Waals surface area contributed by atoms with Crippen molar-refractivity contribution in [3.05, 3.63) is 33.9 Å². The van der Waals surface area contributed by atoms with Crippen LogP contribution in [0.2, 0.25) is 0 Å². The fourth-order valence-electron chi connectivity index (χ4n) is 2.09. The summed E-state index contributed by atoms with van der Waals surface area (Å²) >= 11 is 0. The van der Waals surface area contributed by atoms with Gasteiger partial charge in [-0.15, -0.1) is 0 Å². The first kappa shape index (κ1) is 14.7. The van der Waals surface area contributed by atoms with E-state index in [0.29, 0.717) is 18.7 Å². The van der Waals surface area contributed by atoms with Crippen molar-refractivity contribution in [2.24, 2.45) is 5.84 Å². The van der Waals surface area contributed by atoms with Crippen molar-refractivity contribution >= 4 is 23.2 Å². The van der Waals surface area contributed by atoms with Gasteiger partial charge in [-0.05, 0) is 11.6 Å². The zero-order valence-electron chi connectivity index (χ0n) is 11.4. The molecule has 1 aromatic carbocycles. The number of anilines is 1. The lowest BCUT2D eigenvalue weighted by molar-refractivity contribution is -0.384. The monoisotopic (exact) mass is 293 g/mol. The molecule has 3 N–H and O–H groups in total. The third kappa shape index (κ3) is 2.92. The van der Waals surface area contributed by atoms with E-state index in [1.54, 1.807) is 13.1 Å². The zero-order valence-corrected chi connectivity index (χ0v) is 11.4. The summed E-state index contributed by atoms with van der Waals surface area (Å²) in [6.45, 7) is 0.977. The van der Waals surface area contributed by atoms with E-state index in [-0.39, 0.29) is 17.9 Å². The Morgan fingerprint density at radius 3 is 2.67 bits per heavy atom. The molecule has 9 heteroatoms. The molecule has 0 saturated carbocycles. The lowest BCUT2D eigenvalue weighted by atomic mass is 10.1. The van der Waals surface area contributed by atoms with E-state index in [1.807, 2.05) is 0 Å². The molecule has 1 fully saturated rings. The standard InChI is InChI=1S/C12H15N5O4/c1-15-4-5-16(12(19)11(15)18)7-8-2-3-9(14-13)10(6-8)17(20)21/h2-3,6,14H,4-5,7,13H2,1H3. The molecule has 1 saturated heterocycles. The van der Waals surface area contributed by atoms with Crippen molar-refractivity contribution in [1.82, 2.24) is 9.80 Å². The van der Waals surface area contributed by atoms with E-state index in [2.05, 4.69) is 5.43 Å². The van der Waals surface area contributed by atoms with Gasteiger partial charge in [0.1, 0.15) is 5.69 Å². The van der Waals surface area contributed by atoms with Crippen LogP contribution in [0.1, 0.15) is 5.56 Å². The molecule has 2 rings (SSSR count). The van der Waals surface area contributed by atoms with Gasteiger partial charge in [-0.25, -0.2) is 0 Å². The smallest absolute Gasteiger partial charge is 0.312 e. The molecule has 21 heavy (non-hydrogen) atoms. The van der Waals surface area contributed by atoms with Crippen LogP contribution in [0.4, 0.5) is 11.4 Å². The normalized spacial score (nSPS) is 15.3. The molecule has 1 aliphatic heterocycles. The first-order chi connectivity index (χ1) is 9.93. The third-order valence-electron chi connectivity index (χ3n) is 3.31. The van der Waals surface area contributed by atoms with Crippen LogP contribution in [0.15, 0.2) is 18.2 Å². The van der Waals surface area contributed by atoms with E-state index in [4.69, 9.17) is 5.84 Å². The maximum atomic E-state index is 11.9. The highest BCUT2D eigenvalue weighted by molar-refractivity contribution is 6.35. The van der Waals surface area contributed by atoms with Crippen LogP contribution in [0.3, 0.4) is 0 Å². The number of nitro benzene ring substituents is 1. The molecule has 1 aromatic rings. The minimum Gasteiger partial charge on any atom is -0.336 e. The Morgan fingerprint density at radius 1 is 1.33 bits per heavy atom. The Labute approximate surface area is 120 Å². The first-order valence-electron chi connectivity index (χ1n) is 6.22. The Bertz CT molecular complexity index is 603. The number of nitrogen functional groups attached to an aromatic ring is 1. The van der Waals surface area contributed by atoms with Gasteiger partial charge in [0.05, 0.1) is 4.92 Å². The summed E-state index contributed by atoms with van der Waals surface area (Å²) in [6, 6.07) is 4.43. The molecular formula is C12H15N5O4. The summed E-state index contributed by atoms with van der Waals surface area (Å²) < 4.78 is 0. The van der Waals surface area contributed by atoms with Crippen molar-refractivity contribution in [3.63, 3.8) is 0 Å². The topological polar surface area (TPSA) is 122 Å². The van der Waals surface area contributed by atoms with Gasteiger partial charge in [0.25, 0.3) is 5.69 Å². The second-order valence-corrected chi connectivity index (χ2v) is 4.71. The van der Waals surface area contributed by atoms with Crippen LogP contribution in [0, 0.1) is 10.1 Å². The minimum atomic E-state index is -0.604. The molecule has 9 nitrogen and oxygen atoms in total. The average molecular weight is 293 g/mol. The van der Waals surface area contributed by atoms with Gasteiger partial charge in [0.2, 0.25) is 0 Å². The molecule has 0 spiro atoms. The number of carbonyl (C=O) groups is 2. The number of rotatable bonds is 4. The van der Waals surface area contributed by atoms with Gasteiger partial charge < -0.3 is 15.2 Å². The molecule has 0 radical (unpaired) electrons. The van der Waals surface area contributed by atoms with E-state index in [1.165, 1.54) is 21.9 Å². The molecule has 1 heterocycles. The van der Waals surface area contributed by atoms with Crippen LogP contribution in [0.25, 0.3) is 0 Å². The highest BCUT2D eigenvalue weighted by Gasteiger charge is 2.30. The first-order valence-corrected chi connectivity index (χ1v) is 6.22. The molecule has 0 bridgehead atoms. The number of hydrogen-bond acceptors (Lipinski definition) is 6. The van der Waals surface area contributed by atoms with Crippen LogP contribution in [0.5, 0.6) is 0 Å². The van der Waals surface area contributed by atoms with Crippen LogP contribution in [-0.2, 0) is 16.1 Å². The van der Waals surface area contributed by atoms with Gasteiger partial charge >= 0.3 is 11.8 Å². The molecule has 1 aliphatic rings. The molecule has 0 unspecified atom stereocenters. The molecular weight excluding hydrogens is 278 g/mol. The molecule has 112 valence electrons. The predicted octanol–water partition coefficient (Wildman–Crippen LogP) is -0.319. The van der Waals surface area contributed by atoms with Crippen molar-refractivity contribution in [2.75, 3.05) is 25.6 Å². The van der Waals surface area contributed by atoms with Crippen molar-refractivity contribution in [1.29, 1.82) is 0 Å². The number of nitrogens with two attached hydrogens (primary N) is 1. The molecule has 0 aromatic heterocycles. The number of nitrogens with one attached hydrogen (secondary N) is 1. The Hall–Kier alpha value is -2.68. The third-order valence-corrected chi connectivity index (χ3v) is 3.31. The number of hydrazine groups is 1. The lowest BCUT2D eigenvalue weighted by Gasteiger charge is -2.31. The fraction of sp³-hybridized carbons (Fsp3) is 0.333. The van der Waals surface area contributed by atoms with Gasteiger partial charge in [0.15, 0.2) is 0 Å². The number of piperazine rings is 1. The largest absolute Gasteiger partial charge is 0.336 e. The summed E-state index contributed by atoms with van der Waals surface area (Å²) in [4.78, 5) is 36.6. The molecule has 2 amide bonds. The Morgan fingerprint density at radius 2 is 2.05 bits per heavy atom. The summed E-state index contributed by atoms with van der Waals surface area (Å²) in [5.74, 6) is 4.03. The number of nitro groups is 1. The quantitative estimate of drug-likeness (QED) is 0.339. The highest BCUT2D eigenvalue weighted by Crippen LogP contribution is 2.25. The summed E-state index contributed by atoms with van der Waals surface area (Å²) in [6.07, 6.45) is 0. The number of hydrogen-bond donors (Lipinski definition) is 2. The zero-order chi connectivity index (χ0) is 15.6. The lowest BCUT2D eigenvalue weighted by Crippen LogP contribution is -2.52. The van der Waals surface area contributed by atoms with Gasteiger partial charge in [-0.1, -0.05) is 6.07 Å². The summed E-state index contributed by atoms with van der Waals surface area (Å²) in [7, 11) is 1.56. The van der Waals surface area contributed by atoms with Gasteiger partial charge in [0, 0.05) is 32.7 Å². The highest BCUT2D eigenvalue weighted by atomic mass is 16.6. The summed E-state index contributed by atoms with van der Waals surface area (Å²) in [5, 5.41) is 11.0. The van der Waals surface area contributed by atoms with E-state index >= 15 is 0 Å². The number of carbonyl (C=O) groups excluding carboxylic acids is 2. The minimum absolute atomic E-state index is 0.143. The average Bonchev–Trinajstić information content (AvgIpc) is 2.47. The molecule has 0 atom stereocenters. The number of benzene rings is 1. The van der Waals surface area contributed by atoms with Crippen molar-refractivity contribution in [3.8, 4) is 0 Å². The van der Waals surface area contributed by atoms with Crippen molar-refractivity contribution in [2.45, 2.75) is 6.54 Å². The van der Waals surface area contributed by atoms with Crippen LogP contribution >= 0.6 is 0 Å². The van der Waals surface area contributed by atoms with E-state index < -0.39 is 16.7 Å². The van der Waals surface area contributed by atoms with E-state index in [0.717, 1.165) is 0 Å². The Kier molecular flexibility index (Phi) is 4.03. The Balaban J connectivity index is 2.20. The number of nitrogens with zero attached hydrogens (tertiary/aromatic N) is 3.